The minimum absolute atomic E-state index is 0.0511. The molecule has 2 atom stereocenters. The summed E-state index contributed by atoms with van der Waals surface area (Å²) in [4.78, 5) is 0. The van der Waals surface area contributed by atoms with Crippen LogP contribution in [-0.2, 0) is 16.8 Å². The molecular formula is C12H23N5O. The van der Waals surface area contributed by atoms with Gasteiger partial charge in [0.1, 0.15) is 0 Å². The Morgan fingerprint density at radius 3 is 2.78 bits per heavy atom. The fourth-order valence-corrected chi connectivity index (χ4v) is 2.16. The third kappa shape index (κ3) is 2.54. The molecule has 2 rings (SSSR count). The average Bonchev–Trinajstić information content (AvgIpc) is 2.84. The van der Waals surface area contributed by atoms with Crippen LogP contribution in [-0.4, -0.2) is 38.5 Å². The molecule has 18 heavy (non-hydrogen) atoms. The van der Waals surface area contributed by atoms with Crippen LogP contribution in [0.15, 0.2) is 0 Å². The number of aromatic nitrogens is 4. The van der Waals surface area contributed by atoms with Gasteiger partial charge in [-0.1, -0.05) is 0 Å². The zero-order valence-electron chi connectivity index (χ0n) is 11.9. The third-order valence-electron chi connectivity index (χ3n) is 3.65. The maximum Gasteiger partial charge on any atom is 0.165 e. The second-order valence-corrected chi connectivity index (χ2v) is 6.23. The molecule has 1 N–H and O–H groups in total. The first kappa shape index (κ1) is 13.4. The van der Waals surface area contributed by atoms with E-state index in [4.69, 9.17) is 4.74 Å². The van der Waals surface area contributed by atoms with Crippen molar-refractivity contribution in [3.63, 3.8) is 0 Å². The monoisotopic (exact) mass is 253 g/mol. The molecule has 1 aromatic heterocycles. The molecule has 6 heteroatoms. The van der Waals surface area contributed by atoms with Gasteiger partial charge < -0.3 is 10.1 Å². The lowest BCUT2D eigenvalue weighted by Crippen LogP contribution is -2.41. The predicted molar refractivity (Wildman–Crippen MR) is 68.1 cm³/mol. The fraction of sp³-hybridized carbons (Fsp3) is 0.917. The van der Waals surface area contributed by atoms with E-state index >= 15 is 0 Å². The molecule has 1 aromatic rings. The summed E-state index contributed by atoms with van der Waals surface area (Å²) in [6.45, 7) is 12.1. The smallest absolute Gasteiger partial charge is 0.165 e. The number of ether oxygens (including phenoxy) is 1. The molecule has 1 fully saturated rings. The van der Waals surface area contributed by atoms with Crippen LogP contribution >= 0.6 is 0 Å². The van der Waals surface area contributed by atoms with Crippen molar-refractivity contribution in [2.45, 2.75) is 64.8 Å². The van der Waals surface area contributed by atoms with Crippen molar-refractivity contribution in [2.75, 3.05) is 6.61 Å². The summed E-state index contributed by atoms with van der Waals surface area (Å²) in [6, 6.07) is 0. The van der Waals surface area contributed by atoms with Crippen molar-refractivity contribution in [2.24, 2.45) is 0 Å². The number of tetrazole rings is 1. The van der Waals surface area contributed by atoms with Gasteiger partial charge in [0.05, 0.1) is 18.2 Å². The van der Waals surface area contributed by atoms with Crippen LogP contribution in [0.4, 0.5) is 0 Å². The molecule has 0 saturated carbocycles. The molecule has 2 unspecified atom stereocenters. The van der Waals surface area contributed by atoms with Gasteiger partial charge in [-0.3, -0.25) is 0 Å². The Balaban J connectivity index is 2.17. The number of nitrogens with zero attached hydrogens (tertiary/aromatic N) is 4. The summed E-state index contributed by atoms with van der Waals surface area (Å²) >= 11 is 0. The first-order valence-electron chi connectivity index (χ1n) is 6.47. The lowest BCUT2D eigenvalue weighted by molar-refractivity contribution is 0.0681. The van der Waals surface area contributed by atoms with Crippen LogP contribution in [0.2, 0.25) is 0 Å². The Bertz CT molecular complexity index is 411. The lowest BCUT2D eigenvalue weighted by atomic mass is 9.95. The van der Waals surface area contributed by atoms with E-state index in [0.717, 1.165) is 18.9 Å². The standard InChI is InChI=1S/C12H23N5O/c1-9-12(5,6-7-18-9)17-10(14-15-16-17)8-13-11(2,3)4/h9,13H,6-8H2,1-5H3. The Kier molecular flexibility index (Phi) is 3.42. The molecule has 0 radical (unpaired) electrons. The summed E-state index contributed by atoms with van der Waals surface area (Å²) in [5.41, 5.74) is -0.0894. The Labute approximate surface area is 108 Å². The molecule has 0 spiro atoms. The summed E-state index contributed by atoms with van der Waals surface area (Å²) < 4.78 is 7.58. The number of hydrogen-bond donors (Lipinski definition) is 1. The fourth-order valence-electron chi connectivity index (χ4n) is 2.16. The first-order valence-corrected chi connectivity index (χ1v) is 6.47. The van der Waals surface area contributed by atoms with Crippen molar-refractivity contribution in [1.29, 1.82) is 0 Å². The summed E-state index contributed by atoms with van der Waals surface area (Å²) in [5.74, 6) is 0.866. The van der Waals surface area contributed by atoms with Crippen LogP contribution in [0.25, 0.3) is 0 Å². The second kappa shape index (κ2) is 4.59. The maximum atomic E-state index is 5.66. The average molecular weight is 253 g/mol. The van der Waals surface area contributed by atoms with Gasteiger partial charge in [0.15, 0.2) is 5.82 Å². The van der Waals surface area contributed by atoms with E-state index < -0.39 is 0 Å². The highest BCUT2D eigenvalue weighted by atomic mass is 16.5. The maximum absolute atomic E-state index is 5.66. The Morgan fingerprint density at radius 2 is 2.22 bits per heavy atom. The molecule has 0 bridgehead atoms. The van der Waals surface area contributed by atoms with Crippen LogP contribution < -0.4 is 5.32 Å². The minimum Gasteiger partial charge on any atom is -0.376 e. The highest BCUT2D eigenvalue weighted by Gasteiger charge is 2.41. The molecule has 6 nitrogen and oxygen atoms in total. The number of nitrogens with one attached hydrogen (secondary N) is 1. The number of rotatable bonds is 3. The lowest BCUT2D eigenvalue weighted by Gasteiger charge is -2.29. The summed E-state index contributed by atoms with van der Waals surface area (Å²) in [7, 11) is 0. The van der Waals surface area contributed by atoms with Gasteiger partial charge in [-0.25, -0.2) is 4.68 Å². The molecule has 0 aliphatic carbocycles. The third-order valence-corrected chi connectivity index (χ3v) is 3.65. The quantitative estimate of drug-likeness (QED) is 0.873. The zero-order chi connectivity index (χ0) is 13.4. The van der Waals surface area contributed by atoms with Gasteiger partial charge in [-0.05, 0) is 51.5 Å². The van der Waals surface area contributed by atoms with E-state index in [9.17, 15) is 0 Å². The largest absolute Gasteiger partial charge is 0.376 e. The van der Waals surface area contributed by atoms with Crippen molar-refractivity contribution in [3.05, 3.63) is 5.82 Å². The van der Waals surface area contributed by atoms with E-state index in [1.807, 2.05) is 4.68 Å². The zero-order valence-corrected chi connectivity index (χ0v) is 11.9. The molecule has 102 valence electrons. The SMILES string of the molecule is CC1OCCC1(C)n1nnnc1CNC(C)(C)C. The first-order chi connectivity index (χ1) is 8.33. The molecular weight excluding hydrogens is 230 g/mol. The van der Waals surface area contributed by atoms with Crippen molar-refractivity contribution in [1.82, 2.24) is 25.5 Å². The van der Waals surface area contributed by atoms with Crippen LogP contribution in [0.5, 0.6) is 0 Å². The molecule has 0 amide bonds. The van der Waals surface area contributed by atoms with Gasteiger partial charge in [0.25, 0.3) is 0 Å². The summed E-state index contributed by atoms with van der Waals surface area (Å²) in [5, 5.41) is 15.5. The van der Waals surface area contributed by atoms with E-state index in [-0.39, 0.29) is 17.2 Å². The van der Waals surface area contributed by atoms with Crippen LogP contribution in [0.3, 0.4) is 0 Å². The summed E-state index contributed by atoms with van der Waals surface area (Å²) in [6.07, 6.45) is 1.08. The Morgan fingerprint density at radius 1 is 1.50 bits per heavy atom. The van der Waals surface area contributed by atoms with Gasteiger partial charge >= 0.3 is 0 Å². The van der Waals surface area contributed by atoms with E-state index in [2.05, 4.69) is 55.5 Å². The normalized spacial score (nSPS) is 28.8. The van der Waals surface area contributed by atoms with Crippen molar-refractivity contribution >= 4 is 0 Å². The molecule has 2 heterocycles. The molecule has 0 aromatic carbocycles. The van der Waals surface area contributed by atoms with Gasteiger partial charge in [0, 0.05) is 12.1 Å². The van der Waals surface area contributed by atoms with E-state index in [1.165, 1.54) is 0 Å². The topological polar surface area (TPSA) is 64.9 Å². The van der Waals surface area contributed by atoms with Crippen molar-refractivity contribution in [3.8, 4) is 0 Å². The van der Waals surface area contributed by atoms with Gasteiger partial charge in [0.2, 0.25) is 0 Å². The molecule has 1 aliphatic rings. The van der Waals surface area contributed by atoms with E-state index in [0.29, 0.717) is 6.54 Å². The minimum atomic E-state index is -0.140. The predicted octanol–water partition coefficient (Wildman–Crippen LogP) is 1.09. The van der Waals surface area contributed by atoms with Gasteiger partial charge in [-0.15, -0.1) is 5.10 Å². The van der Waals surface area contributed by atoms with Crippen molar-refractivity contribution < 1.29 is 4.74 Å². The van der Waals surface area contributed by atoms with Gasteiger partial charge in [-0.2, -0.15) is 0 Å². The Hall–Kier alpha value is -1.01. The highest BCUT2D eigenvalue weighted by molar-refractivity contribution is 4.97. The molecule has 1 aliphatic heterocycles. The number of hydrogen-bond acceptors (Lipinski definition) is 5. The van der Waals surface area contributed by atoms with Crippen LogP contribution in [0, 0.1) is 0 Å². The van der Waals surface area contributed by atoms with Crippen LogP contribution in [0.1, 0.15) is 46.9 Å². The second-order valence-electron chi connectivity index (χ2n) is 6.23. The molecule has 1 saturated heterocycles. The highest BCUT2D eigenvalue weighted by Crippen LogP contribution is 2.32. The van der Waals surface area contributed by atoms with E-state index in [1.54, 1.807) is 0 Å².